The van der Waals surface area contributed by atoms with Crippen LogP contribution in [0, 0.1) is 12.8 Å². The van der Waals surface area contributed by atoms with Crippen LogP contribution >= 0.6 is 0 Å². The third-order valence-electron chi connectivity index (χ3n) is 3.55. The predicted octanol–water partition coefficient (Wildman–Crippen LogP) is 4.88. The zero-order valence-corrected chi connectivity index (χ0v) is 14.9. The largest absolute Gasteiger partial charge is 0.369 e. The van der Waals surface area contributed by atoms with E-state index in [0.717, 1.165) is 13.0 Å². The summed E-state index contributed by atoms with van der Waals surface area (Å²) in [5.74, 6) is 0.660. The summed E-state index contributed by atoms with van der Waals surface area (Å²) in [4.78, 5) is 0. The van der Waals surface area contributed by atoms with Crippen molar-refractivity contribution in [3.63, 3.8) is 0 Å². The number of nitrogens with one attached hydrogen (secondary N) is 1. The molecular formula is C19H33NO. The molecule has 120 valence electrons. The topological polar surface area (TPSA) is 21.3 Å². The van der Waals surface area contributed by atoms with Crippen LogP contribution in [-0.4, -0.2) is 18.2 Å². The highest BCUT2D eigenvalue weighted by Gasteiger charge is 2.20. The third-order valence-corrected chi connectivity index (χ3v) is 3.55. The molecule has 1 aromatic rings. The quantitative estimate of drug-likeness (QED) is 0.773. The summed E-state index contributed by atoms with van der Waals surface area (Å²) >= 11 is 0. The first-order valence-corrected chi connectivity index (χ1v) is 8.15. The normalized spacial score (nSPS) is 15.2. The summed E-state index contributed by atoms with van der Waals surface area (Å²) in [6.45, 7) is 16.3. The molecule has 0 saturated heterocycles. The zero-order chi connectivity index (χ0) is 16.0. The van der Waals surface area contributed by atoms with Gasteiger partial charge in [0.05, 0.1) is 12.2 Å². The van der Waals surface area contributed by atoms with Crippen molar-refractivity contribution < 1.29 is 4.74 Å². The highest BCUT2D eigenvalue weighted by Crippen LogP contribution is 2.24. The SMILES string of the molecule is Cc1ccccc1C(CNC(C)(C)C)OC(C)CC(C)C. The van der Waals surface area contributed by atoms with Gasteiger partial charge in [-0.1, -0.05) is 38.1 Å². The van der Waals surface area contributed by atoms with E-state index in [4.69, 9.17) is 4.74 Å². The fourth-order valence-corrected chi connectivity index (χ4v) is 2.58. The lowest BCUT2D eigenvalue weighted by Gasteiger charge is -2.29. The monoisotopic (exact) mass is 291 g/mol. The Bertz CT molecular complexity index is 420. The molecule has 2 unspecified atom stereocenters. The summed E-state index contributed by atoms with van der Waals surface area (Å²) in [5, 5.41) is 3.58. The minimum atomic E-state index is 0.103. The fourth-order valence-electron chi connectivity index (χ4n) is 2.58. The van der Waals surface area contributed by atoms with Crippen molar-refractivity contribution in [3.05, 3.63) is 35.4 Å². The van der Waals surface area contributed by atoms with Crippen LogP contribution in [0.1, 0.15) is 65.2 Å². The maximum Gasteiger partial charge on any atom is 0.0955 e. The van der Waals surface area contributed by atoms with Crippen LogP contribution in [0.4, 0.5) is 0 Å². The van der Waals surface area contributed by atoms with Crippen LogP contribution < -0.4 is 5.32 Å². The van der Waals surface area contributed by atoms with Crippen LogP contribution in [0.3, 0.4) is 0 Å². The molecule has 2 heteroatoms. The van der Waals surface area contributed by atoms with Crippen LogP contribution in [0.25, 0.3) is 0 Å². The van der Waals surface area contributed by atoms with Crippen LogP contribution in [0.5, 0.6) is 0 Å². The van der Waals surface area contributed by atoms with E-state index < -0.39 is 0 Å². The van der Waals surface area contributed by atoms with Gasteiger partial charge in [0.1, 0.15) is 0 Å². The highest BCUT2D eigenvalue weighted by molar-refractivity contribution is 5.28. The van der Waals surface area contributed by atoms with Crippen molar-refractivity contribution in [3.8, 4) is 0 Å². The van der Waals surface area contributed by atoms with Gasteiger partial charge in [0.15, 0.2) is 0 Å². The van der Waals surface area contributed by atoms with Gasteiger partial charge in [-0.05, 0) is 58.1 Å². The average molecular weight is 291 g/mol. The maximum atomic E-state index is 6.36. The van der Waals surface area contributed by atoms with Gasteiger partial charge in [-0.25, -0.2) is 0 Å². The van der Waals surface area contributed by atoms with Crippen molar-refractivity contribution in [1.82, 2.24) is 5.32 Å². The molecule has 0 saturated carbocycles. The zero-order valence-electron chi connectivity index (χ0n) is 14.9. The molecule has 0 radical (unpaired) electrons. The van der Waals surface area contributed by atoms with E-state index in [1.54, 1.807) is 0 Å². The molecule has 0 amide bonds. The van der Waals surface area contributed by atoms with E-state index in [0.29, 0.717) is 5.92 Å². The first kappa shape index (κ1) is 18.2. The van der Waals surface area contributed by atoms with Gasteiger partial charge in [-0.2, -0.15) is 0 Å². The molecule has 0 aliphatic carbocycles. The van der Waals surface area contributed by atoms with E-state index in [1.165, 1.54) is 11.1 Å². The van der Waals surface area contributed by atoms with Crippen LogP contribution in [0.2, 0.25) is 0 Å². The third kappa shape index (κ3) is 7.10. The number of ether oxygens (including phenoxy) is 1. The number of rotatable bonds is 7. The fraction of sp³-hybridized carbons (Fsp3) is 0.684. The Hall–Kier alpha value is -0.860. The van der Waals surface area contributed by atoms with Crippen LogP contribution in [-0.2, 0) is 4.74 Å². The molecule has 0 fully saturated rings. The number of hydrogen-bond donors (Lipinski definition) is 1. The summed E-state index contributed by atoms with van der Waals surface area (Å²) in [6, 6.07) is 8.54. The summed E-state index contributed by atoms with van der Waals surface area (Å²) in [5.41, 5.74) is 2.70. The lowest BCUT2D eigenvalue weighted by Crippen LogP contribution is -2.39. The smallest absolute Gasteiger partial charge is 0.0955 e. The van der Waals surface area contributed by atoms with Gasteiger partial charge in [0, 0.05) is 12.1 Å². The molecule has 1 rings (SSSR count). The molecule has 0 aromatic heterocycles. The van der Waals surface area contributed by atoms with Crippen molar-refractivity contribution in [2.75, 3.05) is 6.54 Å². The minimum Gasteiger partial charge on any atom is -0.369 e. The average Bonchev–Trinajstić information content (AvgIpc) is 2.33. The van der Waals surface area contributed by atoms with Gasteiger partial charge in [0.2, 0.25) is 0 Å². The van der Waals surface area contributed by atoms with E-state index in [9.17, 15) is 0 Å². The first-order chi connectivity index (χ1) is 9.69. The Morgan fingerprint density at radius 3 is 2.24 bits per heavy atom. The molecule has 2 nitrogen and oxygen atoms in total. The molecule has 2 atom stereocenters. The molecule has 1 N–H and O–H groups in total. The van der Waals surface area contributed by atoms with E-state index in [2.05, 4.69) is 78.0 Å². The Morgan fingerprint density at radius 2 is 1.71 bits per heavy atom. The Kier molecular flexibility index (Phi) is 6.89. The van der Waals surface area contributed by atoms with Gasteiger partial charge in [-0.15, -0.1) is 0 Å². The van der Waals surface area contributed by atoms with Gasteiger partial charge in [0.25, 0.3) is 0 Å². The molecule has 0 aliphatic heterocycles. The second-order valence-electron chi connectivity index (χ2n) is 7.55. The lowest BCUT2D eigenvalue weighted by atomic mass is 10.0. The van der Waals surface area contributed by atoms with Crippen molar-refractivity contribution in [2.24, 2.45) is 5.92 Å². The van der Waals surface area contributed by atoms with E-state index in [1.807, 2.05) is 0 Å². The number of benzene rings is 1. The second kappa shape index (κ2) is 7.95. The van der Waals surface area contributed by atoms with Gasteiger partial charge >= 0.3 is 0 Å². The predicted molar refractivity (Wildman–Crippen MR) is 91.7 cm³/mol. The van der Waals surface area contributed by atoms with E-state index in [-0.39, 0.29) is 17.7 Å². The van der Waals surface area contributed by atoms with Crippen LogP contribution in [0.15, 0.2) is 24.3 Å². The molecule has 1 aromatic carbocycles. The van der Waals surface area contributed by atoms with Crippen molar-refractivity contribution in [2.45, 2.75) is 72.6 Å². The standard InChI is InChI=1S/C19H33NO/c1-14(2)12-16(4)21-18(13-20-19(5,6)7)17-11-9-8-10-15(17)3/h8-11,14,16,18,20H,12-13H2,1-7H3. The van der Waals surface area contributed by atoms with Crippen molar-refractivity contribution >= 4 is 0 Å². The molecule has 0 aliphatic rings. The van der Waals surface area contributed by atoms with Gasteiger partial charge in [-0.3, -0.25) is 0 Å². The Balaban J connectivity index is 2.82. The Labute approximate surface area is 131 Å². The summed E-state index contributed by atoms with van der Waals surface area (Å²) in [6.07, 6.45) is 1.48. The summed E-state index contributed by atoms with van der Waals surface area (Å²) in [7, 11) is 0. The molecule has 0 heterocycles. The highest BCUT2D eigenvalue weighted by atomic mass is 16.5. The first-order valence-electron chi connectivity index (χ1n) is 8.15. The molecule has 0 spiro atoms. The molecule has 0 bridgehead atoms. The Morgan fingerprint density at radius 1 is 1.10 bits per heavy atom. The molecular weight excluding hydrogens is 258 g/mol. The van der Waals surface area contributed by atoms with Crippen molar-refractivity contribution in [1.29, 1.82) is 0 Å². The molecule has 21 heavy (non-hydrogen) atoms. The summed E-state index contributed by atoms with van der Waals surface area (Å²) < 4.78 is 6.36. The lowest BCUT2D eigenvalue weighted by molar-refractivity contribution is -0.0155. The maximum absolute atomic E-state index is 6.36. The van der Waals surface area contributed by atoms with E-state index >= 15 is 0 Å². The number of aryl methyl sites for hydroxylation is 1. The minimum absolute atomic E-state index is 0.103. The van der Waals surface area contributed by atoms with Gasteiger partial charge < -0.3 is 10.1 Å². The number of hydrogen-bond acceptors (Lipinski definition) is 2. The second-order valence-corrected chi connectivity index (χ2v) is 7.55.